The molecule has 1 unspecified atom stereocenters. The molecular weight excluding hydrogens is 415 g/mol. The normalized spacial score (nSPS) is 20.3. The van der Waals surface area contributed by atoms with Crippen LogP contribution in [0.15, 0.2) is 23.2 Å². The summed E-state index contributed by atoms with van der Waals surface area (Å²) in [5, 5.41) is 6.75. The van der Waals surface area contributed by atoms with E-state index in [2.05, 4.69) is 45.8 Å². The Morgan fingerprint density at radius 2 is 2.21 bits per heavy atom. The van der Waals surface area contributed by atoms with Crippen LogP contribution in [0.2, 0.25) is 0 Å². The number of aryl methyl sites for hydroxylation is 1. The Hall–Kier alpha value is -1.02. The molecule has 2 aliphatic heterocycles. The zero-order chi connectivity index (χ0) is 16.1. The Kier molecular flexibility index (Phi) is 7.61. The molecule has 2 heterocycles. The van der Waals surface area contributed by atoms with Crippen molar-refractivity contribution >= 4 is 35.6 Å². The molecule has 0 radical (unpaired) electrons. The Labute approximate surface area is 162 Å². The second-order valence-corrected chi connectivity index (χ2v) is 6.43. The molecule has 0 aliphatic carbocycles. The average Bonchev–Trinajstić information content (AvgIpc) is 3.08. The lowest BCUT2D eigenvalue weighted by Gasteiger charge is -2.28. The van der Waals surface area contributed by atoms with Crippen LogP contribution in [0.5, 0.6) is 0 Å². The van der Waals surface area contributed by atoms with Crippen molar-refractivity contribution in [2.24, 2.45) is 4.99 Å². The lowest BCUT2D eigenvalue weighted by atomic mass is 9.99. The number of nitrogens with zero attached hydrogens (tertiary/aromatic N) is 2. The Morgan fingerprint density at radius 1 is 1.33 bits per heavy atom. The van der Waals surface area contributed by atoms with Gasteiger partial charge in [0.2, 0.25) is 0 Å². The molecule has 2 aliphatic rings. The second-order valence-electron chi connectivity index (χ2n) is 6.43. The summed E-state index contributed by atoms with van der Waals surface area (Å²) < 4.78 is 5.63. The standard InChI is InChI=1S/C18H28N4O.HI/c1-19-18(21-13-16-6-4-10-23-16)20-12-14-7-8-17-15(11-14)5-3-9-22(17)2;/h7-8,11,16H,3-6,9-10,12-13H2,1-2H3,(H2,19,20,21);1H. The molecule has 134 valence electrons. The highest BCUT2D eigenvalue weighted by atomic mass is 127. The number of hydrogen-bond donors (Lipinski definition) is 2. The quantitative estimate of drug-likeness (QED) is 0.426. The smallest absolute Gasteiger partial charge is 0.191 e. The van der Waals surface area contributed by atoms with Crippen molar-refractivity contribution in [3.8, 4) is 0 Å². The minimum atomic E-state index is 0. The molecule has 1 aromatic rings. The van der Waals surface area contributed by atoms with Gasteiger partial charge in [-0.1, -0.05) is 12.1 Å². The summed E-state index contributed by atoms with van der Waals surface area (Å²) in [4.78, 5) is 6.64. The fraction of sp³-hybridized carbons (Fsp3) is 0.611. The zero-order valence-electron chi connectivity index (χ0n) is 14.7. The van der Waals surface area contributed by atoms with E-state index in [1.54, 1.807) is 0 Å². The lowest BCUT2D eigenvalue weighted by Crippen LogP contribution is -2.40. The number of guanidine groups is 1. The monoisotopic (exact) mass is 444 g/mol. The van der Waals surface area contributed by atoms with Crippen molar-refractivity contribution in [3.05, 3.63) is 29.3 Å². The summed E-state index contributed by atoms with van der Waals surface area (Å²) in [6.07, 6.45) is 5.06. The van der Waals surface area contributed by atoms with E-state index in [1.807, 2.05) is 7.05 Å². The maximum atomic E-state index is 5.63. The van der Waals surface area contributed by atoms with Crippen LogP contribution in [0, 0.1) is 0 Å². The first-order valence-electron chi connectivity index (χ1n) is 8.65. The molecule has 24 heavy (non-hydrogen) atoms. The third kappa shape index (κ3) is 4.99. The molecule has 1 atom stereocenters. The van der Waals surface area contributed by atoms with Gasteiger partial charge in [0, 0.05) is 46.0 Å². The molecule has 1 fully saturated rings. The Balaban J connectivity index is 0.00000208. The third-order valence-corrected chi connectivity index (χ3v) is 4.70. The van der Waals surface area contributed by atoms with E-state index in [4.69, 9.17) is 4.74 Å². The molecule has 3 rings (SSSR count). The van der Waals surface area contributed by atoms with Gasteiger partial charge in [-0.15, -0.1) is 24.0 Å². The van der Waals surface area contributed by atoms with Crippen molar-refractivity contribution in [1.29, 1.82) is 0 Å². The van der Waals surface area contributed by atoms with Gasteiger partial charge in [-0.25, -0.2) is 0 Å². The van der Waals surface area contributed by atoms with Gasteiger partial charge < -0.3 is 20.3 Å². The van der Waals surface area contributed by atoms with Crippen molar-refractivity contribution < 1.29 is 4.74 Å². The molecule has 0 amide bonds. The number of rotatable bonds is 4. The van der Waals surface area contributed by atoms with Crippen LogP contribution in [0.3, 0.4) is 0 Å². The first kappa shape index (κ1) is 19.3. The molecule has 2 N–H and O–H groups in total. The molecule has 1 saturated heterocycles. The first-order valence-corrected chi connectivity index (χ1v) is 8.65. The van der Waals surface area contributed by atoms with Crippen LogP contribution in [-0.4, -0.2) is 45.9 Å². The van der Waals surface area contributed by atoms with Crippen LogP contribution in [0.25, 0.3) is 0 Å². The van der Waals surface area contributed by atoms with Gasteiger partial charge in [0.1, 0.15) is 0 Å². The number of fused-ring (bicyclic) bond motifs is 1. The van der Waals surface area contributed by atoms with E-state index < -0.39 is 0 Å². The van der Waals surface area contributed by atoms with Gasteiger partial charge in [-0.05, 0) is 42.9 Å². The summed E-state index contributed by atoms with van der Waals surface area (Å²) in [5.74, 6) is 0.843. The van der Waals surface area contributed by atoms with Gasteiger partial charge in [0.05, 0.1) is 6.10 Å². The number of halogens is 1. The van der Waals surface area contributed by atoms with E-state index >= 15 is 0 Å². The molecule has 0 spiro atoms. The summed E-state index contributed by atoms with van der Waals surface area (Å²) >= 11 is 0. The SMILES string of the molecule is CN=C(NCc1ccc2c(c1)CCCN2C)NCC1CCCO1.I. The molecule has 0 saturated carbocycles. The highest BCUT2D eigenvalue weighted by Crippen LogP contribution is 2.26. The molecule has 0 bridgehead atoms. The number of aliphatic imine (C=N–C) groups is 1. The number of benzene rings is 1. The van der Waals surface area contributed by atoms with E-state index in [9.17, 15) is 0 Å². The van der Waals surface area contributed by atoms with Crippen molar-refractivity contribution in [1.82, 2.24) is 10.6 Å². The third-order valence-electron chi connectivity index (χ3n) is 4.70. The first-order chi connectivity index (χ1) is 11.3. The Bertz CT molecular complexity index is 558. The van der Waals surface area contributed by atoms with Gasteiger partial charge >= 0.3 is 0 Å². The topological polar surface area (TPSA) is 48.9 Å². The number of ether oxygens (including phenoxy) is 1. The summed E-state index contributed by atoms with van der Waals surface area (Å²) in [6, 6.07) is 6.78. The van der Waals surface area contributed by atoms with Crippen molar-refractivity contribution in [2.45, 2.75) is 38.3 Å². The van der Waals surface area contributed by atoms with Crippen molar-refractivity contribution in [2.75, 3.05) is 38.7 Å². The van der Waals surface area contributed by atoms with Crippen LogP contribution >= 0.6 is 24.0 Å². The van der Waals surface area contributed by atoms with Crippen LogP contribution < -0.4 is 15.5 Å². The van der Waals surface area contributed by atoms with E-state index in [0.717, 1.165) is 38.6 Å². The molecule has 1 aromatic carbocycles. The number of nitrogens with one attached hydrogen (secondary N) is 2. The van der Waals surface area contributed by atoms with Gasteiger partial charge in [-0.3, -0.25) is 4.99 Å². The predicted molar refractivity (Wildman–Crippen MR) is 111 cm³/mol. The fourth-order valence-corrected chi connectivity index (χ4v) is 3.37. The molecule has 5 nitrogen and oxygen atoms in total. The maximum absolute atomic E-state index is 5.63. The largest absolute Gasteiger partial charge is 0.376 e. The highest BCUT2D eigenvalue weighted by Gasteiger charge is 2.16. The highest BCUT2D eigenvalue weighted by molar-refractivity contribution is 14.0. The molecule has 0 aromatic heterocycles. The summed E-state index contributed by atoms with van der Waals surface area (Å²) in [7, 11) is 3.99. The molecular formula is C18H29IN4O. The zero-order valence-corrected chi connectivity index (χ0v) is 17.0. The minimum Gasteiger partial charge on any atom is -0.376 e. The number of anilines is 1. The van der Waals surface area contributed by atoms with E-state index in [0.29, 0.717) is 6.10 Å². The molecule has 6 heteroatoms. The second kappa shape index (κ2) is 9.46. The average molecular weight is 444 g/mol. The van der Waals surface area contributed by atoms with Gasteiger partial charge in [-0.2, -0.15) is 0 Å². The van der Waals surface area contributed by atoms with Crippen LogP contribution in [0.1, 0.15) is 30.4 Å². The fourth-order valence-electron chi connectivity index (χ4n) is 3.37. The summed E-state index contributed by atoms with van der Waals surface area (Å²) in [6.45, 7) is 3.67. The maximum Gasteiger partial charge on any atom is 0.191 e. The summed E-state index contributed by atoms with van der Waals surface area (Å²) in [5.41, 5.74) is 4.14. The van der Waals surface area contributed by atoms with Gasteiger partial charge in [0.25, 0.3) is 0 Å². The van der Waals surface area contributed by atoms with E-state index in [-0.39, 0.29) is 24.0 Å². The van der Waals surface area contributed by atoms with Crippen LogP contribution in [-0.2, 0) is 17.7 Å². The minimum absolute atomic E-state index is 0. The van der Waals surface area contributed by atoms with Crippen LogP contribution in [0.4, 0.5) is 5.69 Å². The Morgan fingerprint density at radius 3 is 2.96 bits per heavy atom. The van der Waals surface area contributed by atoms with E-state index in [1.165, 1.54) is 36.1 Å². The van der Waals surface area contributed by atoms with Gasteiger partial charge in [0.15, 0.2) is 5.96 Å². The number of hydrogen-bond acceptors (Lipinski definition) is 3. The lowest BCUT2D eigenvalue weighted by molar-refractivity contribution is 0.114. The van der Waals surface area contributed by atoms with Crippen molar-refractivity contribution in [3.63, 3.8) is 0 Å². The predicted octanol–water partition coefficient (Wildman–Crippen LogP) is 2.53.